The average molecular weight is 674 g/mol. The van der Waals surface area contributed by atoms with E-state index in [9.17, 15) is 24.4 Å². The summed E-state index contributed by atoms with van der Waals surface area (Å²) in [6, 6.07) is -2.20. The zero-order valence-corrected chi connectivity index (χ0v) is 28.2. The van der Waals surface area contributed by atoms with Crippen LogP contribution in [-0.2, 0) is 32.9 Å². The van der Waals surface area contributed by atoms with Crippen molar-refractivity contribution in [3.05, 3.63) is 6.33 Å². The highest BCUT2D eigenvalue weighted by molar-refractivity contribution is 7.54. The van der Waals surface area contributed by atoms with E-state index in [-0.39, 0.29) is 36.2 Å². The topological polar surface area (TPSA) is 232 Å². The fourth-order valence-electron chi connectivity index (χ4n) is 4.80. The van der Waals surface area contributed by atoms with Crippen molar-refractivity contribution >= 4 is 36.7 Å². The van der Waals surface area contributed by atoms with E-state index in [1.165, 1.54) is 38.8 Å². The van der Waals surface area contributed by atoms with Crippen molar-refractivity contribution in [1.82, 2.24) is 29.7 Å². The van der Waals surface area contributed by atoms with Crippen LogP contribution in [0.15, 0.2) is 6.33 Å². The summed E-state index contributed by atoms with van der Waals surface area (Å²) in [6.07, 6.45) is 2.31. The molecule has 6 unspecified atom stereocenters. The van der Waals surface area contributed by atoms with E-state index in [1.807, 2.05) is 13.8 Å². The summed E-state index contributed by atoms with van der Waals surface area (Å²) in [7, 11) is -2.84. The van der Waals surface area contributed by atoms with Gasteiger partial charge < -0.3 is 39.4 Å². The molecule has 260 valence electrons. The lowest BCUT2D eigenvalue weighted by atomic mass is 9.96. The molecular formula is C28H48N7O10P. The lowest BCUT2D eigenvalue weighted by molar-refractivity contribution is -0.145. The second kappa shape index (κ2) is 16.8. The average Bonchev–Trinajstić information content (AvgIpc) is 3.52. The van der Waals surface area contributed by atoms with Gasteiger partial charge >= 0.3 is 19.6 Å². The predicted molar refractivity (Wildman–Crippen MR) is 167 cm³/mol. The number of aliphatic hydroxyl groups excluding tert-OH is 1. The van der Waals surface area contributed by atoms with Gasteiger partial charge in [0.05, 0.1) is 33.3 Å². The molecule has 3 rings (SSSR count). The maximum atomic E-state index is 14.1. The van der Waals surface area contributed by atoms with Crippen LogP contribution >= 0.6 is 7.67 Å². The number of carbonyl (C=O) groups is 2. The number of carbonyl (C=O) groups excluding carboxylic acids is 2. The number of imidazole rings is 1. The summed E-state index contributed by atoms with van der Waals surface area (Å²) in [6.45, 7) is 8.14. The number of esters is 2. The second-order valence-corrected chi connectivity index (χ2v) is 13.3. The number of nitrogens with two attached hydrogens (primary N) is 1. The molecule has 1 fully saturated rings. The highest BCUT2D eigenvalue weighted by Crippen LogP contribution is 2.44. The molecule has 0 aliphatic carbocycles. The fraction of sp³-hybridized carbons (Fsp3) is 0.750. The highest BCUT2D eigenvalue weighted by atomic mass is 31.2. The van der Waals surface area contributed by atoms with E-state index < -0.39 is 62.3 Å². The molecule has 1 aliphatic heterocycles. The van der Waals surface area contributed by atoms with Crippen LogP contribution in [0.3, 0.4) is 0 Å². The van der Waals surface area contributed by atoms with Gasteiger partial charge in [-0.25, -0.2) is 15.2 Å². The molecule has 0 saturated carbocycles. The fourth-order valence-corrected chi connectivity index (χ4v) is 6.61. The molecule has 6 N–H and O–H groups in total. The minimum Gasteiger partial charge on any atom is -0.479 e. The number of nitrogens with zero attached hydrogens (tertiary/aromatic N) is 4. The Kier molecular flexibility index (Phi) is 13.7. The van der Waals surface area contributed by atoms with Crippen molar-refractivity contribution in [1.29, 1.82) is 0 Å². The lowest BCUT2D eigenvalue weighted by Crippen LogP contribution is -2.45. The molecule has 1 aliphatic rings. The molecule has 17 nitrogen and oxygen atoms in total. The van der Waals surface area contributed by atoms with Crippen molar-refractivity contribution in [3.63, 3.8) is 0 Å². The van der Waals surface area contributed by atoms with E-state index in [1.54, 1.807) is 0 Å². The van der Waals surface area contributed by atoms with Crippen LogP contribution in [0.2, 0.25) is 0 Å². The van der Waals surface area contributed by atoms with Gasteiger partial charge in [-0.1, -0.05) is 39.5 Å². The van der Waals surface area contributed by atoms with E-state index in [0.717, 1.165) is 25.7 Å². The Morgan fingerprint density at radius 2 is 1.65 bits per heavy atom. The first kappa shape index (κ1) is 37.5. The Bertz CT molecular complexity index is 1320. The summed E-state index contributed by atoms with van der Waals surface area (Å²) in [4.78, 5) is 37.7. The van der Waals surface area contributed by atoms with Gasteiger partial charge in [0.1, 0.15) is 29.9 Å². The molecule has 0 amide bonds. The molecule has 0 aromatic carbocycles. The second-order valence-electron chi connectivity index (χ2n) is 11.4. The molecule has 18 heteroatoms. The van der Waals surface area contributed by atoms with Crippen LogP contribution in [0.4, 0.5) is 5.95 Å². The molecular weight excluding hydrogens is 625 g/mol. The van der Waals surface area contributed by atoms with Gasteiger partial charge in [-0.15, -0.1) is 0 Å². The van der Waals surface area contributed by atoms with E-state index >= 15 is 0 Å². The normalized spacial score (nSPS) is 24.0. The molecule has 0 radical (unpaired) electrons. The number of hydrogen-bond donors (Lipinski definition) is 5. The smallest absolute Gasteiger partial charge is 0.342 e. The highest BCUT2D eigenvalue weighted by Gasteiger charge is 2.54. The Morgan fingerprint density at radius 1 is 1.09 bits per heavy atom. The maximum Gasteiger partial charge on any atom is 0.342 e. The molecule has 0 bridgehead atoms. The molecule has 6 atom stereocenters. The van der Waals surface area contributed by atoms with Gasteiger partial charge in [0.15, 0.2) is 17.4 Å². The standard InChI is InChI=1S/C28H48N7O10P/c1-7-9-11-13-42-24(37)17(3)33-46(40,34-18(4)25(38)43-14-12-10-8-2)44-15-19-21(36)28(5,39)26(45-19)35-16-30-20-22(35)31-27(29)32-23(20)41-6/h16-19,21,26,36,39H,7-15H2,1-6H3,(H2,29,31,32)(H2,33,34,40). The third-order valence-electron chi connectivity index (χ3n) is 7.45. The third-order valence-corrected chi connectivity index (χ3v) is 9.41. The van der Waals surface area contributed by atoms with Gasteiger partial charge in [0.25, 0.3) is 0 Å². The number of hydrogen-bond acceptors (Lipinski definition) is 14. The van der Waals surface area contributed by atoms with Gasteiger partial charge in [0.2, 0.25) is 11.8 Å². The van der Waals surface area contributed by atoms with Gasteiger partial charge in [-0.3, -0.25) is 18.7 Å². The van der Waals surface area contributed by atoms with Crippen molar-refractivity contribution in [3.8, 4) is 5.88 Å². The Hall–Kier alpha value is -2.92. The summed E-state index contributed by atoms with van der Waals surface area (Å²) >= 11 is 0. The first-order chi connectivity index (χ1) is 21.8. The minimum atomic E-state index is -4.23. The number of ether oxygens (including phenoxy) is 4. The Balaban J connectivity index is 1.78. The number of nitrogens with one attached hydrogen (secondary N) is 2. The largest absolute Gasteiger partial charge is 0.479 e. The van der Waals surface area contributed by atoms with Crippen molar-refractivity contribution in [2.75, 3.05) is 32.7 Å². The number of fused-ring (bicyclic) bond motifs is 1. The van der Waals surface area contributed by atoms with Gasteiger partial charge in [-0.05, 0) is 33.6 Å². The monoisotopic (exact) mass is 673 g/mol. The van der Waals surface area contributed by atoms with E-state index in [4.69, 9.17) is 29.2 Å². The number of aromatic nitrogens is 4. The zero-order chi connectivity index (χ0) is 34.1. The summed E-state index contributed by atoms with van der Waals surface area (Å²) in [5, 5.41) is 27.6. The molecule has 2 aromatic rings. The quantitative estimate of drug-likeness (QED) is 0.0815. The van der Waals surface area contributed by atoms with Crippen molar-refractivity contribution in [2.24, 2.45) is 0 Å². The number of rotatable bonds is 19. The lowest BCUT2D eigenvalue weighted by Gasteiger charge is -2.28. The van der Waals surface area contributed by atoms with Crippen LogP contribution in [0.1, 0.15) is 79.4 Å². The Labute approximate surface area is 268 Å². The zero-order valence-electron chi connectivity index (χ0n) is 27.3. The molecule has 3 heterocycles. The van der Waals surface area contributed by atoms with Gasteiger partial charge in [0, 0.05) is 0 Å². The van der Waals surface area contributed by atoms with Gasteiger partial charge in [-0.2, -0.15) is 9.97 Å². The number of anilines is 1. The van der Waals surface area contributed by atoms with Crippen LogP contribution in [0.25, 0.3) is 11.2 Å². The van der Waals surface area contributed by atoms with Crippen LogP contribution in [-0.4, -0.2) is 98.5 Å². The molecule has 46 heavy (non-hydrogen) atoms. The Morgan fingerprint density at radius 3 is 2.17 bits per heavy atom. The third kappa shape index (κ3) is 9.33. The van der Waals surface area contributed by atoms with Crippen molar-refractivity contribution in [2.45, 2.75) is 109 Å². The molecule has 1 saturated heterocycles. The number of methoxy groups -OCH3 is 1. The van der Waals surface area contributed by atoms with E-state index in [0.29, 0.717) is 12.8 Å². The van der Waals surface area contributed by atoms with Crippen LogP contribution in [0.5, 0.6) is 5.88 Å². The molecule has 2 aromatic heterocycles. The molecule has 0 spiro atoms. The van der Waals surface area contributed by atoms with E-state index in [2.05, 4.69) is 25.1 Å². The maximum absolute atomic E-state index is 14.1. The SMILES string of the molecule is CCCCCOC(=O)C(C)NP(=O)(NC(C)C(=O)OCCCCC)OCC1OC(n2cnc3c(OC)nc(N)nc32)C(C)(O)C1O. The number of nitrogen functional groups attached to an aromatic ring is 1. The minimum absolute atomic E-state index is 0.105. The first-order valence-electron chi connectivity index (χ1n) is 15.5. The first-order valence-corrected chi connectivity index (χ1v) is 17.1. The number of unbranched alkanes of at least 4 members (excludes halogenated alkanes) is 4. The van der Waals surface area contributed by atoms with Crippen LogP contribution < -0.4 is 20.6 Å². The number of aliphatic hydroxyl groups is 2. The predicted octanol–water partition coefficient (Wildman–Crippen LogP) is 1.97. The summed E-state index contributed by atoms with van der Waals surface area (Å²) in [5.41, 5.74) is 4.33. The summed E-state index contributed by atoms with van der Waals surface area (Å²) < 4.78 is 43.0. The summed E-state index contributed by atoms with van der Waals surface area (Å²) in [5.74, 6) is -1.34. The van der Waals surface area contributed by atoms with Crippen molar-refractivity contribution < 1.29 is 47.8 Å². The van der Waals surface area contributed by atoms with Crippen LogP contribution in [0, 0.1) is 0 Å².